The van der Waals surface area contributed by atoms with Crippen molar-refractivity contribution in [2.45, 2.75) is 0 Å². The number of esters is 1. The lowest BCUT2D eigenvalue weighted by atomic mass is 10.2. The Morgan fingerprint density at radius 2 is 2.00 bits per heavy atom. The van der Waals surface area contributed by atoms with Crippen LogP contribution in [0.3, 0.4) is 0 Å². The maximum Gasteiger partial charge on any atom is 0.341 e. The summed E-state index contributed by atoms with van der Waals surface area (Å²) in [6.45, 7) is 0. The minimum Gasteiger partial charge on any atom is -0.465 e. The second kappa shape index (κ2) is 5.79. The zero-order valence-electron chi connectivity index (χ0n) is 10.5. The zero-order valence-corrected chi connectivity index (χ0v) is 11.3. The summed E-state index contributed by atoms with van der Waals surface area (Å²) in [6.07, 6.45) is 0. The Balaban J connectivity index is 2.43. The number of benzene rings is 2. The van der Waals surface area contributed by atoms with Gasteiger partial charge in [0.2, 0.25) is 0 Å². The first-order chi connectivity index (χ1) is 9.52. The van der Waals surface area contributed by atoms with E-state index in [-0.39, 0.29) is 22.1 Å². The van der Waals surface area contributed by atoms with Gasteiger partial charge in [-0.3, -0.25) is 0 Å². The molecule has 0 fully saturated rings. The highest BCUT2D eigenvalue weighted by Gasteiger charge is 2.16. The predicted molar refractivity (Wildman–Crippen MR) is 73.7 cm³/mol. The Morgan fingerprint density at radius 3 is 2.70 bits per heavy atom. The molecule has 0 bridgehead atoms. The van der Waals surface area contributed by atoms with E-state index in [1.54, 1.807) is 0 Å². The van der Waals surface area contributed by atoms with Gasteiger partial charge in [0.25, 0.3) is 0 Å². The standard InChI is InChI=1S/C14H11ClFNO3/c1-19-14(18)9-7-8(17)5-6-11(9)20-12-4-2-3-10(15)13(12)16/h2-7H,17H2,1H3. The number of ether oxygens (including phenoxy) is 2. The van der Waals surface area contributed by atoms with E-state index in [4.69, 9.17) is 22.1 Å². The van der Waals surface area contributed by atoms with Crippen molar-refractivity contribution in [2.24, 2.45) is 0 Å². The van der Waals surface area contributed by atoms with Crippen LogP contribution in [0.1, 0.15) is 10.4 Å². The molecular formula is C14H11ClFNO3. The van der Waals surface area contributed by atoms with Gasteiger partial charge in [0.15, 0.2) is 11.6 Å². The molecule has 0 radical (unpaired) electrons. The lowest BCUT2D eigenvalue weighted by Gasteiger charge is -2.11. The highest BCUT2D eigenvalue weighted by molar-refractivity contribution is 6.30. The van der Waals surface area contributed by atoms with Gasteiger partial charge in [-0.1, -0.05) is 17.7 Å². The van der Waals surface area contributed by atoms with Crippen molar-refractivity contribution in [3.8, 4) is 11.5 Å². The van der Waals surface area contributed by atoms with Crippen molar-refractivity contribution in [1.82, 2.24) is 0 Å². The molecule has 0 amide bonds. The summed E-state index contributed by atoms with van der Waals surface area (Å²) in [7, 11) is 1.23. The largest absolute Gasteiger partial charge is 0.465 e. The van der Waals surface area contributed by atoms with Gasteiger partial charge in [-0.25, -0.2) is 9.18 Å². The molecule has 2 rings (SSSR count). The summed E-state index contributed by atoms with van der Waals surface area (Å²) < 4.78 is 23.8. The number of carbonyl (C=O) groups excluding carboxylic acids is 1. The minimum absolute atomic E-state index is 0.0717. The lowest BCUT2D eigenvalue weighted by Crippen LogP contribution is -2.05. The first kappa shape index (κ1) is 14.1. The van der Waals surface area contributed by atoms with E-state index in [1.807, 2.05) is 0 Å². The van der Waals surface area contributed by atoms with E-state index in [2.05, 4.69) is 4.74 Å². The monoisotopic (exact) mass is 295 g/mol. The van der Waals surface area contributed by atoms with Crippen LogP contribution < -0.4 is 10.5 Å². The van der Waals surface area contributed by atoms with Crippen LogP contribution in [0.4, 0.5) is 10.1 Å². The Bertz CT molecular complexity index is 661. The average Bonchev–Trinajstić information content (AvgIpc) is 2.44. The molecule has 0 unspecified atom stereocenters. The molecule has 6 heteroatoms. The molecule has 2 N–H and O–H groups in total. The fourth-order valence-electron chi connectivity index (χ4n) is 1.59. The number of halogens is 2. The summed E-state index contributed by atoms with van der Waals surface area (Å²) in [6, 6.07) is 8.72. The van der Waals surface area contributed by atoms with Crippen LogP contribution >= 0.6 is 11.6 Å². The third-order valence-corrected chi connectivity index (χ3v) is 2.84. The van der Waals surface area contributed by atoms with E-state index < -0.39 is 11.8 Å². The van der Waals surface area contributed by atoms with Crippen molar-refractivity contribution in [3.05, 3.63) is 52.8 Å². The maximum absolute atomic E-state index is 13.8. The second-order valence-corrected chi connectivity index (χ2v) is 4.31. The third kappa shape index (κ3) is 2.83. The number of nitrogens with two attached hydrogens (primary N) is 1. The van der Waals surface area contributed by atoms with Gasteiger partial charge >= 0.3 is 5.97 Å². The summed E-state index contributed by atoms with van der Waals surface area (Å²) in [5.74, 6) is -1.30. The van der Waals surface area contributed by atoms with E-state index >= 15 is 0 Å². The van der Waals surface area contributed by atoms with E-state index in [9.17, 15) is 9.18 Å². The number of hydrogen-bond acceptors (Lipinski definition) is 4. The quantitative estimate of drug-likeness (QED) is 0.693. The van der Waals surface area contributed by atoms with Gasteiger partial charge in [-0.2, -0.15) is 0 Å². The van der Waals surface area contributed by atoms with Crippen molar-refractivity contribution in [3.63, 3.8) is 0 Å². The molecule has 2 aromatic carbocycles. The first-order valence-corrected chi connectivity index (χ1v) is 6.00. The SMILES string of the molecule is COC(=O)c1cc(N)ccc1Oc1cccc(Cl)c1F. The predicted octanol–water partition coefficient (Wildman–Crippen LogP) is 3.64. The maximum atomic E-state index is 13.8. The number of rotatable bonds is 3. The number of nitrogen functional groups attached to an aromatic ring is 1. The summed E-state index contributed by atoms with van der Waals surface area (Å²) in [5.41, 5.74) is 6.08. The van der Waals surface area contributed by atoms with Gasteiger partial charge in [0.05, 0.1) is 12.1 Å². The lowest BCUT2D eigenvalue weighted by molar-refractivity contribution is 0.0598. The molecule has 0 atom stereocenters. The van der Waals surface area contributed by atoms with E-state index in [0.717, 1.165) is 0 Å². The van der Waals surface area contributed by atoms with Crippen molar-refractivity contribution in [2.75, 3.05) is 12.8 Å². The van der Waals surface area contributed by atoms with Crippen LogP contribution in [0, 0.1) is 5.82 Å². The van der Waals surface area contributed by atoms with Crippen molar-refractivity contribution >= 4 is 23.3 Å². The van der Waals surface area contributed by atoms with Crippen LogP contribution in [-0.2, 0) is 4.74 Å². The molecule has 0 saturated carbocycles. The zero-order chi connectivity index (χ0) is 14.7. The molecule has 0 aliphatic heterocycles. The van der Waals surface area contributed by atoms with Crippen LogP contribution in [0.25, 0.3) is 0 Å². The summed E-state index contributed by atoms with van der Waals surface area (Å²) in [4.78, 5) is 11.7. The molecule has 0 aliphatic carbocycles. The number of methoxy groups -OCH3 is 1. The van der Waals surface area contributed by atoms with Gasteiger partial charge in [0, 0.05) is 5.69 Å². The molecule has 2 aromatic rings. The summed E-state index contributed by atoms with van der Waals surface area (Å²) in [5, 5.41) is -0.0717. The highest BCUT2D eigenvalue weighted by Crippen LogP contribution is 2.31. The molecule has 0 aromatic heterocycles. The topological polar surface area (TPSA) is 61.5 Å². The van der Waals surface area contributed by atoms with Crippen molar-refractivity contribution < 1.29 is 18.7 Å². The fraction of sp³-hybridized carbons (Fsp3) is 0.0714. The highest BCUT2D eigenvalue weighted by atomic mass is 35.5. The average molecular weight is 296 g/mol. The van der Waals surface area contributed by atoms with E-state index in [0.29, 0.717) is 5.69 Å². The second-order valence-electron chi connectivity index (χ2n) is 3.90. The van der Waals surface area contributed by atoms with Crippen LogP contribution in [-0.4, -0.2) is 13.1 Å². The molecule has 20 heavy (non-hydrogen) atoms. The van der Waals surface area contributed by atoms with Gasteiger partial charge in [-0.05, 0) is 30.3 Å². The normalized spacial score (nSPS) is 10.2. The first-order valence-electron chi connectivity index (χ1n) is 5.62. The molecule has 0 heterocycles. The smallest absolute Gasteiger partial charge is 0.341 e. The van der Waals surface area contributed by atoms with Gasteiger partial charge in [0.1, 0.15) is 11.3 Å². The van der Waals surface area contributed by atoms with Gasteiger partial charge < -0.3 is 15.2 Å². The van der Waals surface area contributed by atoms with Gasteiger partial charge in [-0.15, -0.1) is 0 Å². The molecule has 0 spiro atoms. The third-order valence-electron chi connectivity index (χ3n) is 2.55. The Labute approximate surface area is 119 Å². The Hall–Kier alpha value is -2.27. The Morgan fingerprint density at radius 1 is 1.25 bits per heavy atom. The molecule has 0 aliphatic rings. The molecule has 104 valence electrons. The fourth-order valence-corrected chi connectivity index (χ4v) is 1.75. The van der Waals surface area contributed by atoms with E-state index in [1.165, 1.54) is 43.5 Å². The molecule has 4 nitrogen and oxygen atoms in total. The number of hydrogen-bond donors (Lipinski definition) is 1. The molecule has 0 saturated heterocycles. The number of carbonyl (C=O) groups is 1. The summed E-state index contributed by atoms with van der Waals surface area (Å²) >= 11 is 5.67. The van der Waals surface area contributed by atoms with Crippen LogP contribution in [0.15, 0.2) is 36.4 Å². The van der Waals surface area contributed by atoms with Crippen LogP contribution in [0.5, 0.6) is 11.5 Å². The molecular weight excluding hydrogens is 285 g/mol. The van der Waals surface area contributed by atoms with Crippen molar-refractivity contribution in [1.29, 1.82) is 0 Å². The van der Waals surface area contributed by atoms with Crippen LogP contribution in [0.2, 0.25) is 5.02 Å². The minimum atomic E-state index is -0.707. The Kier molecular flexibility index (Phi) is 4.10. The number of anilines is 1.